The van der Waals surface area contributed by atoms with Gasteiger partial charge in [-0.15, -0.1) is 0 Å². The summed E-state index contributed by atoms with van der Waals surface area (Å²) in [4.78, 5) is 26.2. The van der Waals surface area contributed by atoms with E-state index in [-0.39, 0.29) is 5.56 Å². The number of aromatic nitrogens is 1. The van der Waals surface area contributed by atoms with E-state index in [9.17, 15) is 22.8 Å². The zero-order valence-corrected chi connectivity index (χ0v) is 16.1. The number of hydrazone groups is 1. The Bertz CT molecular complexity index is 984. The lowest BCUT2D eigenvalue weighted by atomic mass is 10.0. The fourth-order valence-corrected chi connectivity index (χ4v) is 2.46. The molecule has 0 saturated carbocycles. The predicted octanol–water partition coefficient (Wildman–Crippen LogP) is 4.25. The third-order valence-electron chi connectivity index (χ3n) is 3.66. The van der Waals surface area contributed by atoms with Crippen molar-refractivity contribution in [3.05, 3.63) is 70.0 Å². The summed E-state index contributed by atoms with van der Waals surface area (Å²) in [7, 11) is 0. The molecule has 0 unspecified atom stereocenters. The number of alkyl halides is 3. The average Bonchev–Trinajstić information content (AvgIpc) is 2.66. The molecule has 1 aromatic heterocycles. The molecular formula is C19H16ClF3N4O2. The minimum absolute atomic E-state index is 0.192. The molecule has 0 bridgehead atoms. The molecular weight excluding hydrogens is 409 g/mol. The quantitative estimate of drug-likeness (QED) is 0.413. The van der Waals surface area contributed by atoms with Crippen LogP contribution in [0.5, 0.6) is 0 Å². The normalized spacial score (nSPS) is 12.5. The Balaban J connectivity index is 2.35. The summed E-state index contributed by atoms with van der Waals surface area (Å²) >= 11 is 5.91. The van der Waals surface area contributed by atoms with Gasteiger partial charge in [0.15, 0.2) is 0 Å². The van der Waals surface area contributed by atoms with Crippen LogP contribution < -0.4 is 10.7 Å². The molecule has 0 atom stereocenters. The molecule has 0 spiro atoms. The number of pyridine rings is 1. The number of nitrogens with zero attached hydrogens (tertiary/aromatic N) is 2. The summed E-state index contributed by atoms with van der Waals surface area (Å²) in [6.07, 6.45) is -1.83. The van der Waals surface area contributed by atoms with Crippen LogP contribution in [0.2, 0.25) is 0 Å². The summed E-state index contributed by atoms with van der Waals surface area (Å²) in [5.74, 6) is -0.735. The van der Waals surface area contributed by atoms with Gasteiger partial charge in [0.2, 0.25) is 6.41 Å². The van der Waals surface area contributed by atoms with Crippen molar-refractivity contribution in [2.45, 2.75) is 20.0 Å². The number of carbonyl (C=O) groups excluding carboxylic acids is 2. The first-order valence-electron chi connectivity index (χ1n) is 8.18. The summed E-state index contributed by atoms with van der Waals surface area (Å²) in [5.41, 5.74) is 2.82. The van der Waals surface area contributed by atoms with Crippen LogP contribution in [0.4, 0.5) is 18.9 Å². The SMILES string of the molecule is C/C(Cl)=C\C(=N/NC=O)c1cc(NC(=O)c2ccnc(C(F)(F)F)c2)ccc1C. The lowest BCUT2D eigenvalue weighted by Crippen LogP contribution is -2.16. The zero-order valence-electron chi connectivity index (χ0n) is 15.3. The maximum absolute atomic E-state index is 12.8. The largest absolute Gasteiger partial charge is 0.433 e. The highest BCUT2D eigenvalue weighted by atomic mass is 35.5. The Morgan fingerprint density at radius 2 is 1.97 bits per heavy atom. The molecule has 0 radical (unpaired) electrons. The molecule has 1 heterocycles. The van der Waals surface area contributed by atoms with Gasteiger partial charge in [-0.05, 0) is 49.8 Å². The molecule has 2 N–H and O–H groups in total. The molecule has 10 heteroatoms. The first kappa shape index (κ1) is 22.1. The van der Waals surface area contributed by atoms with Crippen LogP contribution in [-0.2, 0) is 11.0 Å². The van der Waals surface area contributed by atoms with Crippen LogP contribution in [0.1, 0.15) is 34.1 Å². The van der Waals surface area contributed by atoms with Gasteiger partial charge in [-0.25, -0.2) is 5.43 Å². The van der Waals surface area contributed by atoms with E-state index in [1.807, 2.05) is 0 Å². The third-order valence-corrected chi connectivity index (χ3v) is 3.77. The highest BCUT2D eigenvalue weighted by molar-refractivity contribution is 6.31. The number of aryl methyl sites for hydroxylation is 1. The second-order valence-corrected chi connectivity index (χ2v) is 6.48. The summed E-state index contributed by atoms with van der Waals surface area (Å²) < 4.78 is 38.4. The maximum Gasteiger partial charge on any atom is 0.433 e. The van der Waals surface area contributed by atoms with Gasteiger partial charge in [-0.2, -0.15) is 18.3 Å². The van der Waals surface area contributed by atoms with Crippen molar-refractivity contribution in [3.8, 4) is 0 Å². The lowest BCUT2D eigenvalue weighted by molar-refractivity contribution is -0.141. The molecule has 0 aliphatic heterocycles. The number of anilines is 1. The van der Waals surface area contributed by atoms with Crippen LogP contribution in [0.15, 0.2) is 52.7 Å². The number of allylic oxidation sites excluding steroid dienone is 2. The van der Waals surface area contributed by atoms with Gasteiger partial charge < -0.3 is 5.32 Å². The molecule has 6 nitrogen and oxygen atoms in total. The fraction of sp³-hybridized carbons (Fsp3) is 0.158. The second kappa shape index (κ2) is 9.33. The molecule has 29 heavy (non-hydrogen) atoms. The molecule has 1 aromatic carbocycles. The van der Waals surface area contributed by atoms with Crippen LogP contribution in [0, 0.1) is 6.92 Å². The number of amides is 2. The molecule has 152 valence electrons. The number of benzene rings is 1. The van der Waals surface area contributed by atoms with Gasteiger partial charge in [0.25, 0.3) is 5.91 Å². The van der Waals surface area contributed by atoms with Crippen molar-refractivity contribution in [2.75, 3.05) is 5.32 Å². The Kier molecular flexibility index (Phi) is 7.11. The summed E-state index contributed by atoms with van der Waals surface area (Å²) in [5, 5.41) is 6.86. The van der Waals surface area contributed by atoms with Gasteiger partial charge in [-0.1, -0.05) is 17.7 Å². The summed E-state index contributed by atoms with van der Waals surface area (Å²) in [6, 6.07) is 6.70. The monoisotopic (exact) mass is 424 g/mol. The van der Waals surface area contributed by atoms with Crippen molar-refractivity contribution in [2.24, 2.45) is 5.10 Å². The van der Waals surface area contributed by atoms with Crippen molar-refractivity contribution < 1.29 is 22.8 Å². The highest BCUT2D eigenvalue weighted by Crippen LogP contribution is 2.28. The van der Waals surface area contributed by atoms with E-state index in [4.69, 9.17) is 11.6 Å². The van der Waals surface area contributed by atoms with E-state index < -0.39 is 17.8 Å². The third kappa shape index (κ3) is 6.15. The average molecular weight is 425 g/mol. The second-order valence-electron chi connectivity index (χ2n) is 5.89. The van der Waals surface area contributed by atoms with Crippen molar-refractivity contribution in [3.63, 3.8) is 0 Å². The summed E-state index contributed by atoms with van der Waals surface area (Å²) in [6.45, 7) is 3.41. The number of rotatable bonds is 6. The standard InChI is InChI=1S/C19H16ClF3N4O2/c1-11-3-4-14(9-15(11)16(7-12(2)20)27-25-10-28)26-18(29)13-5-6-24-17(8-13)19(21,22)23/h3-10H,1-2H3,(H,25,28)(H,26,29)/b12-7+,27-16+. The molecule has 0 aliphatic rings. The Morgan fingerprint density at radius 3 is 2.59 bits per heavy atom. The Labute approximate surface area is 169 Å². The number of hydrogen-bond acceptors (Lipinski definition) is 4. The van der Waals surface area contributed by atoms with Crippen molar-refractivity contribution >= 4 is 35.3 Å². The minimum Gasteiger partial charge on any atom is -0.322 e. The van der Waals surface area contributed by atoms with Crippen molar-refractivity contribution in [1.29, 1.82) is 0 Å². The predicted molar refractivity (Wildman–Crippen MR) is 104 cm³/mol. The first-order chi connectivity index (χ1) is 13.6. The lowest BCUT2D eigenvalue weighted by Gasteiger charge is -2.12. The van der Waals surface area contributed by atoms with Crippen LogP contribution in [0.25, 0.3) is 0 Å². The van der Waals surface area contributed by atoms with Gasteiger partial charge in [-0.3, -0.25) is 14.6 Å². The number of nitrogens with one attached hydrogen (secondary N) is 2. The van der Waals surface area contributed by atoms with Crippen molar-refractivity contribution in [1.82, 2.24) is 10.4 Å². The van der Waals surface area contributed by atoms with Gasteiger partial charge in [0.1, 0.15) is 5.69 Å². The zero-order chi connectivity index (χ0) is 21.6. The Morgan fingerprint density at radius 1 is 1.24 bits per heavy atom. The van der Waals surface area contributed by atoms with Crippen LogP contribution >= 0.6 is 11.6 Å². The highest BCUT2D eigenvalue weighted by Gasteiger charge is 2.32. The van der Waals surface area contributed by atoms with E-state index in [0.29, 0.717) is 34.5 Å². The topological polar surface area (TPSA) is 83.5 Å². The van der Waals surface area contributed by atoms with Gasteiger partial charge in [0.05, 0.1) is 5.71 Å². The van der Waals surface area contributed by atoms with Gasteiger partial charge >= 0.3 is 6.18 Å². The molecule has 0 aliphatic carbocycles. The molecule has 2 amide bonds. The van der Waals surface area contributed by atoms with Gasteiger partial charge in [0, 0.05) is 28.0 Å². The first-order valence-corrected chi connectivity index (χ1v) is 8.56. The van der Waals surface area contributed by atoms with E-state index in [1.54, 1.807) is 32.0 Å². The molecule has 0 fully saturated rings. The van der Waals surface area contributed by atoms with E-state index in [2.05, 4.69) is 20.8 Å². The van der Waals surface area contributed by atoms with E-state index in [1.165, 1.54) is 12.1 Å². The minimum atomic E-state index is -4.66. The molecule has 2 rings (SSSR count). The smallest absolute Gasteiger partial charge is 0.322 e. The maximum atomic E-state index is 12.8. The Hall–Kier alpha value is -3.20. The number of carbonyl (C=O) groups is 2. The molecule has 2 aromatic rings. The number of hydrogen-bond donors (Lipinski definition) is 2. The van der Waals surface area contributed by atoms with E-state index in [0.717, 1.165) is 11.8 Å². The molecule has 0 saturated heterocycles. The van der Waals surface area contributed by atoms with E-state index >= 15 is 0 Å². The van der Waals surface area contributed by atoms with Crippen LogP contribution in [-0.4, -0.2) is 23.0 Å². The fourth-order valence-electron chi connectivity index (χ4n) is 2.36. The number of halogens is 4. The van der Waals surface area contributed by atoms with Crippen LogP contribution in [0.3, 0.4) is 0 Å².